The number of hydrogen-bond donors (Lipinski definition) is 5. The molecule has 0 heterocycles. The van der Waals surface area contributed by atoms with E-state index < -0.39 is 6.10 Å². The molecule has 0 fully saturated rings. The van der Waals surface area contributed by atoms with Gasteiger partial charge in [0.15, 0.2) is 0 Å². The van der Waals surface area contributed by atoms with Crippen LogP contribution in [0.1, 0.15) is 53.9 Å². The number of nitrogen functional groups attached to an aromatic ring is 1. The molecule has 4 nitrogen and oxygen atoms in total. The summed E-state index contributed by atoms with van der Waals surface area (Å²) in [5, 5.41) is 13.3. The first kappa shape index (κ1) is 25.4. The Labute approximate surface area is 170 Å². The molecule has 0 aliphatic heterocycles. The lowest BCUT2D eigenvalue weighted by Gasteiger charge is -2.36. The summed E-state index contributed by atoms with van der Waals surface area (Å²) in [5.41, 5.74) is 7.84. The summed E-state index contributed by atoms with van der Waals surface area (Å²) >= 11 is 6.44. The van der Waals surface area contributed by atoms with Gasteiger partial charge in [-0.15, -0.1) is 23.3 Å². The summed E-state index contributed by atoms with van der Waals surface area (Å²) < 4.78 is 5.84. The van der Waals surface area contributed by atoms with Gasteiger partial charge in [-0.05, 0) is 41.9 Å². The van der Waals surface area contributed by atoms with Gasteiger partial charge in [-0.1, -0.05) is 47.1 Å². The maximum absolute atomic E-state index is 10.1. The minimum absolute atomic E-state index is 0.153. The molecular weight excluding hydrogens is 364 g/mol. The zero-order valence-electron chi connectivity index (χ0n) is 17.0. The molecule has 0 aliphatic carbocycles. The minimum atomic E-state index is -0.535. The van der Waals surface area contributed by atoms with E-state index in [2.05, 4.69) is 63.3 Å². The van der Waals surface area contributed by atoms with Crippen molar-refractivity contribution >= 4 is 34.7 Å². The molecule has 0 radical (unpaired) electrons. The van der Waals surface area contributed by atoms with E-state index in [9.17, 15) is 5.11 Å². The molecule has 0 saturated carbocycles. The largest absolute Gasteiger partial charge is 0.399 e. The van der Waals surface area contributed by atoms with E-state index >= 15 is 0 Å². The number of hydrogen-bond acceptors (Lipinski definition) is 6. The zero-order chi connectivity index (χ0) is 20.2. The Morgan fingerprint density at radius 2 is 1.85 bits per heavy atom. The summed E-state index contributed by atoms with van der Waals surface area (Å²) in [7, 11) is 0. The first-order valence-electron chi connectivity index (χ1n) is 9.25. The molecule has 152 valence electrons. The number of rotatable bonds is 11. The summed E-state index contributed by atoms with van der Waals surface area (Å²) in [5.74, 6) is 0. The van der Waals surface area contributed by atoms with Crippen molar-refractivity contribution in [2.45, 2.75) is 60.0 Å². The van der Waals surface area contributed by atoms with Crippen LogP contribution >= 0.6 is 23.3 Å². The van der Waals surface area contributed by atoms with E-state index in [0.717, 1.165) is 24.9 Å². The van der Waals surface area contributed by atoms with Gasteiger partial charge in [-0.25, -0.2) is 0 Å². The van der Waals surface area contributed by atoms with E-state index in [1.807, 2.05) is 24.3 Å². The van der Waals surface area contributed by atoms with Crippen LogP contribution in [0.5, 0.6) is 0 Å². The molecule has 0 spiro atoms. The Morgan fingerprint density at radius 1 is 1.19 bits per heavy atom. The number of nitrogens with one attached hydrogen (secondary N) is 1. The number of nitrogens with two attached hydrogens (primary N) is 1. The van der Waals surface area contributed by atoms with Gasteiger partial charge in [-0.3, -0.25) is 0 Å². The fourth-order valence-corrected chi connectivity index (χ4v) is 2.94. The van der Waals surface area contributed by atoms with E-state index in [0.29, 0.717) is 30.9 Å². The third-order valence-corrected chi connectivity index (χ3v) is 4.91. The summed E-state index contributed by atoms with van der Waals surface area (Å²) in [4.78, 5) is 0. The summed E-state index contributed by atoms with van der Waals surface area (Å²) in [6, 6.07) is 7.52. The van der Waals surface area contributed by atoms with E-state index in [4.69, 9.17) is 10.5 Å². The van der Waals surface area contributed by atoms with Crippen LogP contribution in [0.25, 0.3) is 0 Å². The van der Waals surface area contributed by atoms with Crippen molar-refractivity contribution < 1.29 is 9.84 Å². The van der Waals surface area contributed by atoms with E-state index in [1.54, 1.807) is 0 Å². The maximum atomic E-state index is 10.1. The highest BCUT2D eigenvalue weighted by molar-refractivity contribution is 8.59. The Balaban J connectivity index is 0.00000301. The van der Waals surface area contributed by atoms with E-state index in [1.165, 1.54) is 0 Å². The van der Waals surface area contributed by atoms with Gasteiger partial charge >= 0.3 is 0 Å². The lowest BCUT2D eigenvalue weighted by atomic mass is 9.72. The van der Waals surface area contributed by atoms with Crippen molar-refractivity contribution in [1.82, 2.24) is 0 Å². The first-order valence-corrected chi connectivity index (χ1v) is 10.8. The average molecular weight is 403 g/mol. The molecule has 26 heavy (non-hydrogen) atoms. The van der Waals surface area contributed by atoms with Gasteiger partial charge in [0.1, 0.15) is 0 Å². The Morgan fingerprint density at radius 3 is 2.38 bits per heavy atom. The second-order valence-corrected chi connectivity index (χ2v) is 8.03. The highest BCUT2D eigenvalue weighted by atomic mass is 33.1. The number of ether oxygens (including phenoxy) is 1. The van der Waals surface area contributed by atoms with Crippen LogP contribution in [-0.2, 0) is 4.74 Å². The fraction of sp³-hybridized carbons (Fsp3) is 0.700. The van der Waals surface area contributed by atoms with Crippen LogP contribution in [0.15, 0.2) is 24.3 Å². The van der Waals surface area contributed by atoms with Gasteiger partial charge in [0.05, 0.1) is 19.3 Å². The number of anilines is 2. The molecule has 2 atom stereocenters. The molecule has 4 N–H and O–H groups in total. The predicted molar refractivity (Wildman–Crippen MR) is 121 cm³/mol. The molecule has 1 rings (SSSR count). The molecule has 1 aromatic rings. The van der Waals surface area contributed by atoms with Gasteiger partial charge in [0.2, 0.25) is 0 Å². The van der Waals surface area contributed by atoms with Crippen molar-refractivity contribution in [3.63, 3.8) is 0 Å². The zero-order valence-corrected chi connectivity index (χ0v) is 18.7. The monoisotopic (exact) mass is 402 g/mol. The van der Waals surface area contributed by atoms with Crippen molar-refractivity contribution in [2.24, 2.45) is 10.8 Å². The lowest BCUT2D eigenvalue weighted by Crippen LogP contribution is -2.32. The topological polar surface area (TPSA) is 67.5 Å². The van der Waals surface area contributed by atoms with Gasteiger partial charge in [-0.2, -0.15) is 0 Å². The van der Waals surface area contributed by atoms with Crippen LogP contribution in [0, 0.1) is 10.8 Å². The second kappa shape index (κ2) is 12.8. The highest BCUT2D eigenvalue weighted by Gasteiger charge is 2.30. The Hall–Kier alpha value is -0.560. The van der Waals surface area contributed by atoms with Gasteiger partial charge in [0, 0.05) is 17.9 Å². The molecule has 6 heteroatoms. The van der Waals surface area contributed by atoms with Gasteiger partial charge < -0.3 is 20.9 Å². The predicted octanol–water partition coefficient (Wildman–Crippen LogP) is 5.06. The maximum Gasteiger partial charge on any atom is 0.0945 e. The summed E-state index contributed by atoms with van der Waals surface area (Å²) in [6.45, 7) is 12.8. The molecule has 0 aromatic heterocycles. The van der Waals surface area contributed by atoms with Crippen LogP contribution in [0.4, 0.5) is 11.4 Å². The Bertz CT molecular complexity index is 500. The highest BCUT2D eigenvalue weighted by Crippen LogP contribution is 2.38. The van der Waals surface area contributed by atoms with E-state index in [-0.39, 0.29) is 5.41 Å². The SMILES string of the molecule is CCC(C)(C)CC(C)(CC)COCC(O)CNc1cccc(N)c1.SS. The van der Waals surface area contributed by atoms with Crippen LogP contribution in [0.2, 0.25) is 0 Å². The third kappa shape index (κ3) is 10.6. The molecule has 0 aliphatic rings. The van der Waals surface area contributed by atoms with Crippen molar-refractivity contribution in [3.05, 3.63) is 24.3 Å². The van der Waals surface area contributed by atoms with Crippen LogP contribution in [-0.4, -0.2) is 31.0 Å². The number of aliphatic hydroxyl groups excluding tert-OH is 1. The van der Waals surface area contributed by atoms with Crippen LogP contribution in [0.3, 0.4) is 0 Å². The van der Waals surface area contributed by atoms with Crippen molar-refractivity contribution in [3.8, 4) is 0 Å². The second-order valence-electron chi connectivity index (χ2n) is 8.03. The third-order valence-electron chi connectivity index (χ3n) is 4.91. The first-order chi connectivity index (χ1) is 12.2. The van der Waals surface area contributed by atoms with Crippen molar-refractivity contribution in [1.29, 1.82) is 0 Å². The molecule has 2 unspecified atom stereocenters. The molecule has 1 aromatic carbocycles. The normalized spacial score (nSPS) is 14.8. The molecule has 0 saturated heterocycles. The lowest BCUT2D eigenvalue weighted by molar-refractivity contribution is -0.0144. The van der Waals surface area contributed by atoms with Gasteiger partial charge in [0.25, 0.3) is 0 Å². The fourth-order valence-electron chi connectivity index (χ4n) is 2.94. The number of benzene rings is 1. The number of thiol groups is 2. The molecule has 0 amide bonds. The number of aliphatic hydroxyl groups is 1. The quantitative estimate of drug-likeness (QED) is 0.204. The Kier molecular flexibility index (Phi) is 12.5. The molecular formula is C20H38N2O2S2. The minimum Gasteiger partial charge on any atom is -0.399 e. The molecule has 0 bridgehead atoms. The van der Waals surface area contributed by atoms with Crippen molar-refractivity contribution in [2.75, 3.05) is 30.8 Å². The smallest absolute Gasteiger partial charge is 0.0945 e. The standard InChI is InChI=1S/C20H36N2O2.H2S2/c1-6-19(3,4)14-20(5,7-2)15-24-13-18(23)12-22-17-10-8-9-16(21)11-17;1-2/h8-11,18,22-23H,6-7,12-15,21H2,1-5H3;1-2H. The average Bonchev–Trinajstić information content (AvgIpc) is 2.61. The summed E-state index contributed by atoms with van der Waals surface area (Å²) in [6.07, 6.45) is 2.83. The van der Waals surface area contributed by atoms with Crippen LogP contribution < -0.4 is 11.1 Å².